The summed E-state index contributed by atoms with van der Waals surface area (Å²) >= 11 is 0. The molecule has 3 rings (SSSR count). The Kier molecular flexibility index (Phi) is 6.12. The molecule has 6 heteroatoms. The third kappa shape index (κ3) is 5.10. The third-order valence-electron chi connectivity index (χ3n) is 4.36. The monoisotopic (exact) mass is 397 g/mol. The van der Waals surface area contributed by atoms with Crippen molar-refractivity contribution in [1.82, 2.24) is 0 Å². The second kappa shape index (κ2) is 8.73. The van der Waals surface area contributed by atoms with Crippen LogP contribution in [0.4, 0.5) is 18.9 Å². The number of anilines is 1. The second-order valence-electron chi connectivity index (χ2n) is 6.75. The smallest absolute Gasteiger partial charge is 0.258 e. The van der Waals surface area contributed by atoms with E-state index in [2.05, 4.69) is 5.32 Å². The van der Waals surface area contributed by atoms with Crippen LogP contribution in [0.15, 0.2) is 60.7 Å². The van der Waals surface area contributed by atoms with Crippen molar-refractivity contribution in [1.29, 1.82) is 0 Å². The molecule has 3 aromatic rings. The van der Waals surface area contributed by atoms with Gasteiger partial charge in [-0.3, -0.25) is 9.59 Å². The molecule has 0 aliphatic carbocycles. The number of nitrogens with one attached hydrogen (secondary N) is 1. The highest BCUT2D eigenvalue weighted by Gasteiger charge is 2.17. The molecule has 3 nitrogen and oxygen atoms in total. The Morgan fingerprint density at radius 2 is 1.52 bits per heavy atom. The zero-order valence-corrected chi connectivity index (χ0v) is 15.6. The largest absolute Gasteiger partial charge is 0.319 e. The molecule has 0 aliphatic rings. The zero-order chi connectivity index (χ0) is 21.0. The average molecular weight is 397 g/mol. The highest BCUT2D eigenvalue weighted by molar-refractivity contribution is 6.04. The Hall–Kier alpha value is -3.41. The SMILES string of the molecule is Cc1cccc(CC(=O)Cc2ccc(F)c(NC(=O)c3cccc(F)c3F)c2)c1. The number of hydrogen-bond donors (Lipinski definition) is 1. The number of carbonyl (C=O) groups excluding carboxylic acids is 2. The minimum Gasteiger partial charge on any atom is -0.319 e. The van der Waals surface area contributed by atoms with Gasteiger partial charge in [-0.25, -0.2) is 13.2 Å². The standard InChI is InChI=1S/C23H18F3NO2/c1-14-4-2-5-15(10-14)11-17(28)12-16-8-9-19(24)21(13-16)27-23(29)18-6-3-7-20(25)22(18)26/h2-10,13H,11-12H2,1H3,(H,27,29). The fraction of sp³-hybridized carbons (Fsp3) is 0.130. The first-order valence-corrected chi connectivity index (χ1v) is 8.94. The third-order valence-corrected chi connectivity index (χ3v) is 4.36. The van der Waals surface area contributed by atoms with E-state index in [0.29, 0.717) is 5.56 Å². The van der Waals surface area contributed by atoms with Crippen molar-refractivity contribution in [2.24, 2.45) is 0 Å². The van der Waals surface area contributed by atoms with Crippen LogP contribution in [0.1, 0.15) is 27.0 Å². The summed E-state index contributed by atoms with van der Waals surface area (Å²) in [4.78, 5) is 24.5. The first-order valence-electron chi connectivity index (χ1n) is 8.94. The maximum atomic E-state index is 14.1. The summed E-state index contributed by atoms with van der Waals surface area (Å²) < 4.78 is 41.2. The number of hydrogen-bond acceptors (Lipinski definition) is 2. The molecular formula is C23H18F3NO2. The first-order chi connectivity index (χ1) is 13.8. The van der Waals surface area contributed by atoms with Gasteiger partial charge in [0.15, 0.2) is 11.6 Å². The van der Waals surface area contributed by atoms with Gasteiger partial charge in [0, 0.05) is 12.8 Å². The van der Waals surface area contributed by atoms with Gasteiger partial charge in [-0.2, -0.15) is 0 Å². The molecule has 0 fully saturated rings. The molecule has 0 aliphatic heterocycles. The molecule has 29 heavy (non-hydrogen) atoms. The Morgan fingerprint density at radius 3 is 2.24 bits per heavy atom. The normalized spacial score (nSPS) is 10.6. The highest BCUT2D eigenvalue weighted by atomic mass is 19.2. The summed E-state index contributed by atoms with van der Waals surface area (Å²) in [6, 6.07) is 14.6. The summed E-state index contributed by atoms with van der Waals surface area (Å²) in [6.07, 6.45) is 0.278. The van der Waals surface area contributed by atoms with E-state index in [1.165, 1.54) is 18.2 Å². The van der Waals surface area contributed by atoms with Crippen molar-refractivity contribution < 1.29 is 22.8 Å². The lowest BCUT2D eigenvalue weighted by molar-refractivity contribution is -0.117. The van der Waals surface area contributed by atoms with E-state index < -0.39 is 28.9 Å². The number of Topliss-reactive ketones (excluding diaryl/α,β-unsaturated/α-hetero) is 1. The number of carbonyl (C=O) groups is 2. The zero-order valence-electron chi connectivity index (χ0n) is 15.6. The number of rotatable bonds is 6. The topological polar surface area (TPSA) is 46.2 Å². The van der Waals surface area contributed by atoms with E-state index in [9.17, 15) is 22.8 Å². The van der Waals surface area contributed by atoms with Crippen molar-refractivity contribution in [3.63, 3.8) is 0 Å². The van der Waals surface area contributed by atoms with Crippen molar-refractivity contribution in [2.75, 3.05) is 5.32 Å². The van der Waals surface area contributed by atoms with Crippen LogP contribution < -0.4 is 5.32 Å². The Bertz CT molecular complexity index is 1080. The van der Waals surface area contributed by atoms with Crippen LogP contribution in [-0.4, -0.2) is 11.7 Å². The first kappa shape index (κ1) is 20.3. The second-order valence-corrected chi connectivity index (χ2v) is 6.75. The molecule has 0 saturated heterocycles. The Balaban J connectivity index is 1.73. The molecule has 0 saturated carbocycles. The number of ketones is 1. The lowest BCUT2D eigenvalue weighted by atomic mass is 10.0. The lowest BCUT2D eigenvalue weighted by Crippen LogP contribution is -2.16. The minimum atomic E-state index is -1.31. The maximum absolute atomic E-state index is 14.1. The van der Waals surface area contributed by atoms with Crippen molar-refractivity contribution >= 4 is 17.4 Å². The molecule has 148 valence electrons. The van der Waals surface area contributed by atoms with Crippen LogP contribution in [0.2, 0.25) is 0 Å². The quantitative estimate of drug-likeness (QED) is 0.635. The van der Waals surface area contributed by atoms with Crippen LogP contribution in [0.5, 0.6) is 0 Å². The van der Waals surface area contributed by atoms with Gasteiger partial charge in [0.1, 0.15) is 11.6 Å². The molecule has 0 bridgehead atoms. The predicted octanol–water partition coefficient (Wildman–Crippen LogP) is 5.02. The van der Waals surface area contributed by atoms with Gasteiger partial charge in [0.25, 0.3) is 5.91 Å². The van der Waals surface area contributed by atoms with Gasteiger partial charge >= 0.3 is 0 Å². The fourth-order valence-corrected chi connectivity index (χ4v) is 2.99. The van der Waals surface area contributed by atoms with Crippen LogP contribution in [0.3, 0.4) is 0 Å². The summed E-state index contributed by atoms with van der Waals surface area (Å²) in [5.74, 6) is -4.28. The van der Waals surface area contributed by atoms with E-state index in [0.717, 1.165) is 29.3 Å². The van der Waals surface area contributed by atoms with Gasteiger partial charge < -0.3 is 5.32 Å². The van der Waals surface area contributed by atoms with E-state index in [4.69, 9.17) is 0 Å². The molecule has 0 radical (unpaired) electrons. The van der Waals surface area contributed by atoms with Crippen molar-refractivity contribution in [2.45, 2.75) is 19.8 Å². The van der Waals surface area contributed by atoms with Crippen LogP contribution in [0, 0.1) is 24.4 Å². The van der Waals surface area contributed by atoms with Gasteiger partial charge in [-0.15, -0.1) is 0 Å². The average Bonchev–Trinajstić information content (AvgIpc) is 2.66. The van der Waals surface area contributed by atoms with E-state index in [1.54, 1.807) is 0 Å². The summed E-state index contributed by atoms with van der Waals surface area (Å²) in [5.41, 5.74) is 1.68. The lowest BCUT2D eigenvalue weighted by Gasteiger charge is -2.10. The number of aryl methyl sites for hydroxylation is 1. The maximum Gasteiger partial charge on any atom is 0.258 e. The molecular weight excluding hydrogens is 379 g/mol. The number of amides is 1. The predicted molar refractivity (Wildman–Crippen MR) is 104 cm³/mol. The van der Waals surface area contributed by atoms with Crippen LogP contribution in [-0.2, 0) is 17.6 Å². The summed E-state index contributed by atoms with van der Waals surface area (Å²) in [5, 5.41) is 2.23. The van der Waals surface area contributed by atoms with Crippen LogP contribution >= 0.6 is 0 Å². The van der Waals surface area contributed by atoms with Gasteiger partial charge in [-0.1, -0.05) is 42.0 Å². The van der Waals surface area contributed by atoms with Gasteiger partial charge in [0.05, 0.1) is 11.3 Å². The van der Waals surface area contributed by atoms with Gasteiger partial charge in [0.2, 0.25) is 0 Å². The number of benzene rings is 3. The van der Waals surface area contributed by atoms with Crippen molar-refractivity contribution in [3.8, 4) is 0 Å². The molecule has 0 unspecified atom stereocenters. The molecule has 1 amide bonds. The highest BCUT2D eigenvalue weighted by Crippen LogP contribution is 2.20. The summed E-state index contributed by atoms with van der Waals surface area (Å²) in [7, 11) is 0. The van der Waals surface area contributed by atoms with E-state index in [-0.39, 0.29) is 24.3 Å². The fourth-order valence-electron chi connectivity index (χ4n) is 2.99. The minimum absolute atomic E-state index is 0.0470. The van der Waals surface area contributed by atoms with Crippen molar-refractivity contribution in [3.05, 3.63) is 100 Å². The van der Waals surface area contributed by atoms with Gasteiger partial charge in [-0.05, 0) is 42.3 Å². The van der Waals surface area contributed by atoms with Crippen LogP contribution in [0.25, 0.3) is 0 Å². The Labute approximate surface area is 166 Å². The molecule has 1 N–H and O–H groups in total. The Morgan fingerprint density at radius 1 is 0.828 bits per heavy atom. The molecule has 3 aromatic carbocycles. The van der Waals surface area contributed by atoms with E-state index in [1.807, 2.05) is 31.2 Å². The number of halogens is 3. The molecule has 0 aromatic heterocycles. The molecule has 0 atom stereocenters. The van der Waals surface area contributed by atoms with E-state index >= 15 is 0 Å². The summed E-state index contributed by atoms with van der Waals surface area (Å²) in [6.45, 7) is 1.93. The molecule has 0 heterocycles. The molecule has 0 spiro atoms.